The summed E-state index contributed by atoms with van der Waals surface area (Å²) in [6.07, 6.45) is 0.475. The Hall–Kier alpha value is -3.35. The van der Waals surface area contributed by atoms with E-state index in [-0.39, 0.29) is 18.6 Å². The van der Waals surface area contributed by atoms with Crippen molar-refractivity contribution in [3.8, 4) is 11.5 Å². The fourth-order valence-corrected chi connectivity index (χ4v) is 2.65. The zero-order chi connectivity index (χ0) is 20.5. The van der Waals surface area contributed by atoms with E-state index in [2.05, 4.69) is 5.32 Å². The third-order valence-electron chi connectivity index (χ3n) is 4.12. The molecule has 148 valence electrons. The van der Waals surface area contributed by atoms with Gasteiger partial charge in [0.25, 0.3) is 0 Å². The minimum atomic E-state index is -1.03. The Morgan fingerprint density at radius 1 is 0.929 bits per heavy atom. The molecule has 0 saturated carbocycles. The standard InChI is InChI=1S/C21H23NO6/c1-27-18-9-7-14(12-19(18)28-2)6-8-17(23)15-4-3-5-16(13-15)22-20(24)10-11-21(25)26/h3-5,7,9,12-13H,6,8,10-11H2,1-2H3,(H,22,24)(H,25,26). The lowest BCUT2D eigenvalue weighted by Gasteiger charge is -2.10. The summed E-state index contributed by atoms with van der Waals surface area (Å²) in [7, 11) is 3.12. The molecule has 0 saturated heterocycles. The van der Waals surface area contributed by atoms with Crippen LogP contribution in [0.15, 0.2) is 42.5 Å². The Balaban J connectivity index is 1.97. The van der Waals surface area contributed by atoms with Crippen molar-refractivity contribution >= 4 is 23.3 Å². The van der Waals surface area contributed by atoms with Gasteiger partial charge in [0.05, 0.1) is 20.6 Å². The highest BCUT2D eigenvalue weighted by Crippen LogP contribution is 2.28. The van der Waals surface area contributed by atoms with Gasteiger partial charge < -0.3 is 19.9 Å². The number of anilines is 1. The molecule has 2 N–H and O–H groups in total. The van der Waals surface area contributed by atoms with Gasteiger partial charge in [-0.05, 0) is 36.2 Å². The van der Waals surface area contributed by atoms with Crippen molar-refractivity contribution in [3.05, 3.63) is 53.6 Å². The van der Waals surface area contributed by atoms with Crippen LogP contribution in [0.2, 0.25) is 0 Å². The number of Topliss-reactive ketones (excluding diaryl/α,β-unsaturated/α-hetero) is 1. The summed E-state index contributed by atoms with van der Waals surface area (Å²) >= 11 is 0. The van der Waals surface area contributed by atoms with Crippen molar-refractivity contribution in [1.82, 2.24) is 0 Å². The van der Waals surface area contributed by atoms with Gasteiger partial charge in [-0.3, -0.25) is 14.4 Å². The monoisotopic (exact) mass is 385 g/mol. The molecule has 0 unspecified atom stereocenters. The number of aliphatic carboxylic acids is 1. The van der Waals surface area contributed by atoms with Gasteiger partial charge in [0.2, 0.25) is 5.91 Å². The third kappa shape index (κ3) is 6.12. The normalized spacial score (nSPS) is 10.2. The number of carboxylic acids is 1. The van der Waals surface area contributed by atoms with Crippen LogP contribution in [0.3, 0.4) is 0 Å². The van der Waals surface area contributed by atoms with Crippen LogP contribution in [-0.2, 0) is 16.0 Å². The van der Waals surface area contributed by atoms with Gasteiger partial charge >= 0.3 is 5.97 Å². The summed E-state index contributed by atoms with van der Waals surface area (Å²) in [5, 5.41) is 11.2. The molecule has 7 heteroatoms. The van der Waals surface area contributed by atoms with Crippen LogP contribution in [0.5, 0.6) is 11.5 Å². The zero-order valence-corrected chi connectivity index (χ0v) is 15.9. The number of methoxy groups -OCH3 is 2. The number of nitrogens with one attached hydrogen (secondary N) is 1. The first-order valence-electron chi connectivity index (χ1n) is 8.78. The molecule has 2 aromatic rings. The highest BCUT2D eigenvalue weighted by Gasteiger charge is 2.11. The van der Waals surface area contributed by atoms with Crippen molar-refractivity contribution in [1.29, 1.82) is 0 Å². The van der Waals surface area contributed by atoms with E-state index in [0.717, 1.165) is 5.56 Å². The van der Waals surface area contributed by atoms with E-state index in [1.807, 2.05) is 12.1 Å². The van der Waals surface area contributed by atoms with Crippen LogP contribution < -0.4 is 14.8 Å². The Bertz CT molecular complexity index is 862. The number of carboxylic acid groups (broad SMARTS) is 1. The highest BCUT2D eigenvalue weighted by molar-refractivity contribution is 5.98. The van der Waals surface area contributed by atoms with Crippen molar-refractivity contribution in [2.75, 3.05) is 19.5 Å². The van der Waals surface area contributed by atoms with Crippen molar-refractivity contribution in [3.63, 3.8) is 0 Å². The van der Waals surface area contributed by atoms with Crippen LogP contribution in [0.4, 0.5) is 5.69 Å². The Morgan fingerprint density at radius 2 is 1.68 bits per heavy atom. The second-order valence-electron chi connectivity index (χ2n) is 6.14. The molecular weight excluding hydrogens is 362 g/mol. The molecule has 0 aliphatic carbocycles. The van der Waals surface area contributed by atoms with E-state index in [1.165, 1.54) is 0 Å². The number of ether oxygens (including phenoxy) is 2. The molecule has 7 nitrogen and oxygen atoms in total. The SMILES string of the molecule is COc1ccc(CCC(=O)c2cccc(NC(=O)CCC(=O)O)c2)cc1OC. The minimum Gasteiger partial charge on any atom is -0.493 e. The summed E-state index contributed by atoms with van der Waals surface area (Å²) in [6, 6.07) is 12.1. The first-order chi connectivity index (χ1) is 13.4. The second-order valence-corrected chi connectivity index (χ2v) is 6.14. The lowest BCUT2D eigenvalue weighted by molar-refractivity contribution is -0.138. The first kappa shape index (κ1) is 21.0. The van der Waals surface area contributed by atoms with Crippen molar-refractivity contribution in [2.24, 2.45) is 0 Å². The summed E-state index contributed by atoms with van der Waals surface area (Å²) in [5.74, 6) is -0.259. The Labute approximate surface area is 163 Å². The number of ketones is 1. The third-order valence-corrected chi connectivity index (χ3v) is 4.12. The summed E-state index contributed by atoms with van der Waals surface area (Å²) in [4.78, 5) is 34.8. The molecule has 1 amide bonds. The number of amides is 1. The van der Waals surface area contributed by atoms with Crippen LogP contribution in [0, 0.1) is 0 Å². The average molecular weight is 385 g/mol. The zero-order valence-electron chi connectivity index (χ0n) is 15.9. The molecule has 2 rings (SSSR count). The lowest BCUT2D eigenvalue weighted by Crippen LogP contribution is -2.13. The molecule has 0 spiro atoms. The van der Waals surface area contributed by atoms with Crippen LogP contribution in [0.1, 0.15) is 35.2 Å². The average Bonchev–Trinajstić information content (AvgIpc) is 2.70. The van der Waals surface area contributed by atoms with Crippen molar-refractivity contribution < 1.29 is 29.0 Å². The van der Waals surface area contributed by atoms with E-state index >= 15 is 0 Å². The van der Waals surface area contributed by atoms with E-state index in [9.17, 15) is 14.4 Å². The van der Waals surface area contributed by atoms with Gasteiger partial charge in [0.15, 0.2) is 17.3 Å². The van der Waals surface area contributed by atoms with E-state index < -0.39 is 11.9 Å². The lowest BCUT2D eigenvalue weighted by atomic mass is 10.0. The summed E-state index contributed by atoms with van der Waals surface area (Å²) in [6.45, 7) is 0. The highest BCUT2D eigenvalue weighted by atomic mass is 16.5. The van der Waals surface area contributed by atoms with Crippen molar-refractivity contribution in [2.45, 2.75) is 25.7 Å². The van der Waals surface area contributed by atoms with Gasteiger partial charge in [-0.1, -0.05) is 18.2 Å². The molecule has 0 aromatic heterocycles. The fourth-order valence-electron chi connectivity index (χ4n) is 2.65. The predicted octanol–water partition coefficient (Wildman–Crippen LogP) is 3.32. The predicted molar refractivity (Wildman–Crippen MR) is 104 cm³/mol. The molecule has 0 fully saturated rings. The first-order valence-corrected chi connectivity index (χ1v) is 8.78. The molecule has 0 bridgehead atoms. The topological polar surface area (TPSA) is 102 Å². The molecule has 0 radical (unpaired) electrons. The number of benzene rings is 2. The van der Waals surface area contributed by atoms with E-state index in [0.29, 0.717) is 35.6 Å². The summed E-state index contributed by atoms with van der Waals surface area (Å²) in [5.41, 5.74) is 1.90. The van der Waals surface area contributed by atoms with E-state index in [1.54, 1.807) is 44.6 Å². The van der Waals surface area contributed by atoms with Gasteiger partial charge in [-0.2, -0.15) is 0 Å². The molecular formula is C21H23NO6. The molecule has 0 aliphatic heterocycles. The Kier molecular flexibility index (Phi) is 7.56. The van der Waals surface area contributed by atoms with Gasteiger partial charge in [-0.25, -0.2) is 0 Å². The quantitative estimate of drug-likeness (QED) is 0.608. The maximum Gasteiger partial charge on any atom is 0.303 e. The van der Waals surface area contributed by atoms with E-state index in [4.69, 9.17) is 14.6 Å². The number of carbonyl (C=O) groups excluding carboxylic acids is 2. The van der Waals surface area contributed by atoms with Crippen LogP contribution in [-0.4, -0.2) is 37.0 Å². The fraction of sp³-hybridized carbons (Fsp3) is 0.286. The number of carbonyl (C=O) groups is 3. The van der Waals surface area contributed by atoms with Gasteiger partial charge in [0.1, 0.15) is 0 Å². The number of rotatable bonds is 10. The second kappa shape index (κ2) is 10.1. The van der Waals surface area contributed by atoms with Gasteiger partial charge in [0, 0.05) is 24.1 Å². The van der Waals surface area contributed by atoms with Crippen LogP contribution in [0.25, 0.3) is 0 Å². The molecule has 0 atom stereocenters. The molecule has 0 aliphatic rings. The molecule has 28 heavy (non-hydrogen) atoms. The smallest absolute Gasteiger partial charge is 0.303 e. The molecule has 2 aromatic carbocycles. The number of hydrogen-bond acceptors (Lipinski definition) is 5. The number of aryl methyl sites for hydroxylation is 1. The minimum absolute atomic E-state index is 0.0589. The van der Waals surface area contributed by atoms with Crippen LogP contribution >= 0.6 is 0 Å². The largest absolute Gasteiger partial charge is 0.493 e. The Morgan fingerprint density at radius 3 is 2.36 bits per heavy atom. The molecule has 0 heterocycles. The maximum atomic E-state index is 12.5. The van der Waals surface area contributed by atoms with Gasteiger partial charge in [-0.15, -0.1) is 0 Å². The summed E-state index contributed by atoms with van der Waals surface area (Å²) < 4.78 is 10.5. The number of hydrogen-bond donors (Lipinski definition) is 2. The maximum absolute atomic E-state index is 12.5.